The first-order valence-corrected chi connectivity index (χ1v) is 17.0. The highest BCUT2D eigenvalue weighted by Crippen LogP contribution is 2.42. The lowest BCUT2D eigenvalue weighted by molar-refractivity contribution is 0.673. The molecule has 0 bridgehead atoms. The van der Waals surface area contributed by atoms with Gasteiger partial charge in [-0.3, -0.25) is 0 Å². The summed E-state index contributed by atoms with van der Waals surface area (Å²) in [5, 5.41) is 5.45. The van der Waals surface area contributed by atoms with Gasteiger partial charge >= 0.3 is 0 Å². The number of para-hydroxylation sites is 1. The molecule has 238 valence electrons. The molecular formula is C46H28N4O. The Kier molecular flexibility index (Phi) is 6.74. The number of furan rings is 1. The number of aromatic nitrogens is 4. The Morgan fingerprint density at radius 2 is 0.824 bits per heavy atom. The smallest absolute Gasteiger partial charge is 0.164 e. The number of hydrogen-bond donors (Lipinski definition) is 0. The Balaban J connectivity index is 1.04. The fourth-order valence-corrected chi connectivity index (χ4v) is 7.00. The number of fused-ring (bicyclic) bond motifs is 7. The van der Waals surface area contributed by atoms with Gasteiger partial charge < -0.3 is 4.42 Å². The van der Waals surface area contributed by atoms with Crippen molar-refractivity contribution < 1.29 is 4.42 Å². The molecule has 0 amide bonds. The summed E-state index contributed by atoms with van der Waals surface area (Å²) in [4.78, 5) is 19.9. The molecule has 5 nitrogen and oxygen atoms in total. The lowest BCUT2D eigenvalue weighted by Gasteiger charge is -2.10. The van der Waals surface area contributed by atoms with E-state index < -0.39 is 0 Å². The second-order valence-corrected chi connectivity index (χ2v) is 12.6. The van der Waals surface area contributed by atoms with Gasteiger partial charge in [0.25, 0.3) is 0 Å². The maximum Gasteiger partial charge on any atom is 0.164 e. The van der Waals surface area contributed by atoms with Crippen molar-refractivity contribution >= 4 is 43.6 Å². The van der Waals surface area contributed by atoms with Crippen LogP contribution in [0.2, 0.25) is 0 Å². The van der Waals surface area contributed by atoms with E-state index in [-0.39, 0.29) is 0 Å². The molecular weight excluding hydrogens is 625 g/mol. The van der Waals surface area contributed by atoms with Crippen LogP contribution in [0.3, 0.4) is 0 Å². The van der Waals surface area contributed by atoms with Crippen molar-refractivity contribution in [3.8, 4) is 56.5 Å². The highest BCUT2D eigenvalue weighted by Gasteiger charge is 2.19. The molecule has 10 aromatic rings. The molecule has 3 aromatic heterocycles. The molecule has 0 fully saturated rings. The minimum atomic E-state index is 0.635. The van der Waals surface area contributed by atoms with E-state index >= 15 is 0 Å². The van der Waals surface area contributed by atoms with Crippen molar-refractivity contribution in [2.75, 3.05) is 0 Å². The summed E-state index contributed by atoms with van der Waals surface area (Å²) >= 11 is 0. The summed E-state index contributed by atoms with van der Waals surface area (Å²) < 4.78 is 6.59. The lowest BCUT2D eigenvalue weighted by atomic mass is 9.97. The molecule has 10 rings (SSSR count). The van der Waals surface area contributed by atoms with Gasteiger partial charge in [0.15, 0.2) is 17.5 Å². The van der Waals surface area contributed by atoms with E-state index in [9.17, 15) is 0 Å². The number of rotatable bonds is 5. The Labute approximate surface area is 293 Å². The largest absolute Gasteiger partial charge is 0.455 e. The first kappa shape index (κ1) is 29.0. The van der Waals surface area contributed by atoms with Crippen molar-refractivity contribution in [1.82, 2.24) is 19.9 Å². The quantitative estimate of drug-likeness (QED) is 0.173. The molecule has 5 heteroatoms. The average molecular weight is 653 g/mol. The van der Waals surface area contributed by atoms with Gasteiger partial charge in [0, 0.05) is 27.6 Å². The molecule has 0 aliphatic heterocycles. The zero-order chi connectivity index (χ0) is 33.7. The van der Waals surface area contributed by atoms with E-state index in [1.807, 2.05) is 72.8 Å². The molecule has 0 radical (unpaired) electrons. The Morgan fingerprint density at radius 1 is 0.333 bits per heavy atom. The van der Waals surface area contributed by atoms with Gasteiger partial charge in [-0.05, 0) is 34.0 Å². The Morgan fingerprint density at radius 3 is 1.45 bits per heavy atom. The topological polar surface area (TPSA) is 64.7 Å². The second kappa shape index (κ2) is 11.9. The Hall–Kier alpha value is -6.98. The average Bonchev–Trinajstić information content (AvgIpc) is 3.61. The van der Waals surface area contributed by atoms with E-state index in [0.29, 0.717) is 17.5 Å². The monoisotopic (exact) mass is 652 g/mol. The lowest BCUT2D eigenvalue weighted by Crippen LogP contribution is -2.00. The zero-order valence-electron chi connectivity index (χ0n) is 27.4. The van der Waals surface area contributed by atoms with E-state index in [2.05, 4.69) is 97.1 Å². The molecule has 0 saturated carbocycles. The molecule has 0 spiro atoms. The summed E-state index contributed by atoms with van der Waals surface area (Å²) in [5.41, 5.74) is 9.63. The van der Waals surface area contributed by atoms with Gasteiger partial charge in [-0.15, -0.1) is 0 Å². The highest BCUT2D eigenvalue weighted by molar-refractivity contribution is 6.25. The molecule has 0 aliphatic rings. The fourth-order valence-electron chi connectivity index (χ4n) is 7.00. The first-order valence-electron chi connectivity index (χ1n) is 17.0. The van der Waals surface area contributed by atoms with E-state index in [1.165, 1.54) is 5.39 Å². The van der Waals surface area contributed by atoms with Crippen LogP contribution in [0.4, 0.5) is 0 Å². The van der Waals surface area contributed by atoms with E-state index in [0.717, 1.165) is 77.3 Å². The second-order valence-electron chi connectivity index (χ2n) is 12.6. The first-order chi connectivity index (χ1) is 25.3. The zero-order valence-corrected chi connectivity index (χ0v) is 27.4. The summed E-state index contributed by atoms with van der Waals surface area (Å²) in [6, 6.07) is 58.0. The maximum atomic E-state index is 6.59. The predicted molar refractivity (Wildman–Crippen MR) is 207 cm³/mol. The highest BCUT2D eigenvalue weighted by atomic mass is 16.3. The molecule has 0 aliphatic carbocycles. The van der Waals surface area contributed by atoms with Crippen molar-refractivity contribution in [2.24, 2.45) is 0 Å². The summed E-state index contributed by atoms with van der Waals surface area (Å²) in [6.45, 7) is 0. The van der Waals surface area contributed by atoms with Crippen LogP contribution in [0.25, 0.3) is 100 Å². The van der Waals surface area contributed by atoms with Gasteiger partial charge in [0.2, 0.25) is 0 Å². The van der Waals surface area contributed by atoms with Crippen LogP contribution in [0.15, 0.2) is 174 Å². The number of pyridine rings is 1. The third-order valence-corrected chi connectivity index (χ3v) is 9.53. The van der Waals surface area contributed by atoms with Gasteiger partial charge in [0.05, 0.1) is 22.0 Å². The SMILES string of the molecule is c1ccc(-c2nc(-c3ccccc3)nc(-c3ccc(-c4ccc(-c5nc6ccc7ccccc7c6c6oc7ccccc7c56)cc4)cc3)n2)cc1. The molecule has 0 saturated heterocycles. The minimum absolute atomic E-state index is 0.635. The van der Waals surface area contributed by atoms with E-state index in [4.69, 9.17) is 24.4 Å². The van der Waals surface area contributed by atoms with Crippen LogP contribution >= 0.6 is 0 Å². The van der Waals surface area contributed by atoms with E-state index in [1.54, 1.807) is 0 Å². The van der Waals surface area contributed by atoms with Crippen molar-refractivity contribution in [1.29, 1.82) is 0 Å². The van der Waals surface area contributed by atoms with Crippen LogP contribution in [0.5, 0.6) is 0 Å². The molecule has 51 heavy (non-hydrogen) atoms. The normalized spacial score (nSPS) is 11.5. The fraction of sp³-hybridized carbons (Fsp3) is 0. The predicted octanol–water partition coefficient (Wildman–Crippen LogP) is 11.8. The third-order valence-electron chi connectivity index (χ3n) is 9.53. The van der Waals surface area contributed by atoms with Crippen molar-refractivity contribution in [2.45, 2.75) is 0 Å². The van der Waals surface area contributed by atoms with Crippen molar-refractivity contribution in [3.05, 3.63) is 170 Å². The van der Waals surface area contributed by atoms with Crippen LogP contribution in [-0.2, 0) is 0 Å². The van der Waals surface area contributed by atoms with Gasteiger partial charge in [-0.1, -0.05) is 158 Å². The van der Waals surface area contributed by atoms with Gasteiger partial charge in [-0.25, -0.2) is 19.9 Å². The maximum absolute atomic E-state index is 6.59. The molecule has 0 atom stereocenters. The number of nitrogens with zero attached hydrogens (tertiary/aromatic N) is 4. The Bertz CT molecular complexity index is 2820. The van der Waals surface area contributed by atoms with Crippen LogP contribution in [-0.4, -0.2) is 19.9 Å². The molecule has 0 unspecified atom stereocenters. The number of hydrogen-bond acceptors (Lipinski definition) is 5. The van der Waals surface area contributed by atoms with Crippen LogP contribution < -0.4 is 0 Å². The summed E-state index contributed by atoms with van der Waals surface area (Å²) in [5.74, 6) is 1.93. The van der Waals surface area contributed by atoms with Gasteiger partial charge in [0.1, 0.15) is 11.2 Å². The van der Waals surface area contributed by atoms with Crippen LogP contribution in [0.1, 0.15) is 0 Å². The minimum Gasteiger partial charge on any atom is -0.455 e. The third kappa shape index (κ3) is 5.03. The molecule has 0 N–H and O–H groups in total. The summed E-state index contributed by atoms with van der Waals surface area (Å²) in [6.07, 6.45) is 0. The molecule has 7 aromatic carbocycles. The van der Waals surface area contributed by atoms with Gasteiger partial charge in [-0.2, -0.15) is 0 Å². The standard InChI is InChI=1S/C46H28N4O/c1-3-12-33(13-4-1)44-48-45(34-14-5-2-6-15-34)50-46(49-44)35-25-21-30(22-26-35)29-19-23-32(24-20-29)42-41-37-17-9-10-18-39(37)51-43(41)40-36-16-8-7-11-31(36)27-28-38(40)47-42/h1-28H. The molecule has 3 heterocycles. The summed E-state index contributed by atoms with van der Waals surface area (Å²) in [7, 11) is 0. The number of benzene rings is 7. The van der Waals surface area contributed by atoms with Crippen molar-refractivity contribution in [3.63, 3.8) is 0 Å². The van der Waals surface area contributed by atoms with Crippen LogP contribution in [0, 0.1) is 0 Å².